The number of piperazine rings is 1. The molecule has 0 unspecified atom stereocenters. The van der Waals surface area contributed by atoms with Gasteiger partial charge in [-0.15, -0.1) is 0 Å². The second-order valence-corrected chi connectivity index (χ2v) is 9.18. The van der Waals surface area contributed by atoms with Crippen LogP contribution in [0.3, 0.4) is 0 Å². The molecule has 4 heterocycles. The molecule has 0 radical (unpaired) electrons. The zero-order valence-electron chi connectivity index (χ0n) is 19.5. The van der Waals surface area contributed by atoms with Crippen molar-refractivity contribution < 1.29 is 4.79 Å². The molecule has 1 aliphatic heterocycles. The van der Waals surface area contributed by atoms with Crippen molar-refractivity contribution in [3.63, 3.8) is 0 Å². The Morgan fingerprint density at radius 3 is 2.43 bits per heavy atom. The van der Waals surface area contributed by atoms with E-state index in [1.165, 1.54) is 0 Å². The summed E-state index contributed by atoms with van der Waals surface area (Å²) in [4.78, 5) is 38.8. The fourth-order valence-electron chi connectivity index (χ4n) is 5.08. The number of hydrogen-bond donors (Lipinski definition) is 0. The lowest BCUT2D eigenvalue weighted by Gasteiger charge is -2.34. The first-order chi connectivity index (χ1) is 17.2. The quantitative estimate of drug-likeness (QED) is 0.455. The van der Waals surface area contributed by atoms with Crippen molar-refractivity contribution in [3.05, 3.63) is 87.9 Å². The summed E-state index contributed by atoms with van der Waals surface area (Å²) in [6.45, 7) is 3.13. The summed E-state index contributed by atoms with van der Waals surface area (Å²) in [6, 6.07) is 9.38. The Morgan fingerprint density at radius 2 is 1.66 bits per heavy atom. The molecule has 35 heavy (non-hydrogen) atoms. The first-order valence-corrected chi connectivity index (χ1v) is 12.2. The Kier molecular flexibility index (Phi) is 5.52. The van der Waals surface area contributed by atoms with Crippen molar-refractivity contribution in [1.29, 1.82) is 0 Å². The van der Waals surface area contributed by atoms with E-state index in [9.17, 15) is 9.59 Å². The normalized spacial score (nSPS) is 15.9. The van der Waals surface area contributed by atoms with E-state index in [1.54, 1.807) is 33.7 Å². The molecule has 178 valence electrons. The van der Waals surface area contributed by atoms with Crippen LogP contribution >= 0.6 is 0 Å². The minimum Gasteiger partial charge on any atom is -0.337 e. The number of carbonyl (C=O) groups excluding carboxylic acids is 1. The molecule has 1 amide bonds. The smallest absolute Gasteiger partial charge is 0.277 e. The van der Waals surface area contributed by atoms with Gasteiger partial charge in [0.2, 0.25) is 5.95 Å². The van der Waals surface area contributed by atoms with Gasteiger partial charge in [0.05, 0.1) is 12.2 Å². The van der Waals surface area contributed by atoms with E-state index in [0.717, 1.165) is 42.5 Å². The molecule has 0 saturated carbocycles. The van der Waals surface area contributed by atoms with Crippen molar-refractivity contribution in [2.75, 3.05) is 31.1 Å². The topological polar surface area (TPSA) is 88.6 Å². The number of anilines is 1. The van der Waals surface area contributed by atoms with Crippen molar-refractivity contribution in [2.45, 2.75) is 32.2 Å². The Hall–Kier alpha value is -4.01. The minimum absolute atomic E-state index is 0.0106. The Bertz CT molecular complexity index is 1420. The number of rotatable bonds is 4. The van der Waals surface area contributed by atoms with Crippen molar-refractivity contribution >= 4 is 17.4 Å². The van der Waals surface area contributed by atoms with E-state index >= 15 is 0 Å². The monoisotopic (exact) mass is 469 g/mol. The largest absolute Gasteiger partial charge is 0.337 e. The molecular formula is C26H27N7O2. The van der Waals surface area contributed by atoms with Crippen LogP contribution in [0.25, 0.3) is 5.52 Å². The molecule has 1 aromatic carbocycles. The highest BCUT2D eigenvalue weighted by Crippen LogP contribution is 2.23. The number of hydrogen-bond acceptors (Lipinski definition) is 6. The van der Waals surface area contributed by atoms with Gasteiger partial charge in [-0.1, -0.05) is 12.1 Å². The first kappa shape index (κ1) is 21.5. The summed E-state index contributed by atoms with van der Waals surface area (Å²) < 4.78 is 3.47. The van der Waals surface area contributed by atoms with Crippen molar-refractivity contribution in [1.82, 2.24) is 29.0 Å². The van der Waals surface area contributed by atoms with Crippen LogP contribution in [0.1, 0.15) is 40.0 Å². The molecule has 1 saturated heterocycles. The molecule has 9 heteroatoms. The van der Waals surface area contributed by atoms with Crippen LogP contribution < -0.4 is 10.5 Å². The lowest BCUT2D eigenvalue weighted by atomic mass is 9.97. The summed E-state index contributed by atoms with van der Waals surface area (Å²) in [6.07, 6.45) is 11.2. The second-order valence-electron chi connectivity index (χ2n) is 9.18. The average Bonchev–Trinajstić information content (AvgIpc) is 3.30. The van der Waals surface area contributed by atoms with Gasteiger partial charge in [0.25, 0.3) is 11.5 Å². The van der Waals surface area contributed by atoms with Gasteiger partial charge < -0.3 is 14.4 Å². The van der Waals surface area contributed by atoms with Crippen LogP contribution in [-0.2, 0) is 19.4 Å². The highest BCUT2D eigenvalue weighted by atomic mass is 16.2. The number of aryl methyl sites for hydroxylation is 2. The highest BCUT2D eigenvalue weighted by Gasteiger charge is 2.23. The minimum atomic E-state index is -0.0106. The number of aromatic nitrogens is 5. The first-order valence-electron chi connectivity index (χ1n) is 12.2. The summed E-state index contributed by atoms with van der Waals surface area (Å²) in [5, 5.41) is 4.61. The summed E-state index contributed by atoms with van der Waals surface area (Å²) in [5.41, 5.74) is 4.50. The lowest BCUT2D eigenvalue weighted by molar-refractivity contribution is 0.0746. The lowest BCUT2D eigenvalue weighted by Crippen LogP contribution is -2.49. The van der Waals surface area contributed by atoms with E-state index in [4.69, 9.17) is 0 Å². The Labute approximate surface area is 202 Å². The maximum Gasteiger partial charge on any atom is 0.277 e. The van der Waals surface area contributed by atoms with Crippen LogP contribution in [-0.4, -0.2) is 61.1 Å². The van der Waals surface area contributed by atoms with E-state index in [0.29, 0.717) is 49.8 Å². The SMILES string of the molecule is O=C(c1ccc(Cn2ccn3nc4c(c3c2=O)CCCC4)cc1)N1CCN(c2ncccn2)CC1. The van der Waals surface area contributed by atoms with E-state index in [1.807, 2.05) is 35.4 Å². The van der Waals surface area contributed by atoms with Crippen LogP contribution in [0.4, 0.5) is 5.95 Å². The summed E-state index contributed by atoms with van der Waals surface area (Å²) in [7, 11) is 0. The molecule has 0 atom stereocenters. The summed E-state index contributed by atoms with van der Waals surface area (Å²) in [5.74, 6) is 0.725. The number of carbonyl (C=O) groups is 1. The third kappa shape index (κ3) is 4.07. The van der Waals surface area contributed by atoms with E-state index in [2.05, 4.69) is 20.0 Å². The van der Waals surface area contributed by atoms with Gasteiger partial charge in [0, 0.05) is 62.1 Å². The second kappa shape index (κ2) is 8.98. The van der Waals surface area contributed by atoms with Gasteiger partial charge in [-0.05, 0) is 49.4 Å². The van der Waals surface area contributed by atoms with Crippen LogP contribution in [0.5, 0.6) is 0 Å². The van der Waals surface area contributed by atoms with Crippen LogP contribution in [0.2, 0.25) is 0 Å². The predicted octanol–water partition coefficient (Wildman–Crippen LogP) is 2.18. The third-order valence-electron chi connectivity index (χ3n) is 6.99. The molecular weight excluding hydrogens is 442 g/mol. The molecule has 2 aliphatic rings. The molecule has 0 spiro atoms. The maximum absolute atomic E-state index is 13.2. The van der Waals surface area contributed by atoms with Gasteiger partial charge in [-0.3, -0.25) is 9.59 Å². The maximum atomic E-state index is 13.2. The average molecular weight is 470 g/mol. The van der Waals surface area contributed by atoms with Crippen LogP contribution in [0, 0.1) is 0 Å². The van der Waals surface area contributed by atoms with Crippen molar-refractivity contribution in [2.24, 2.45) is 0 Å². The molecule has 9 nitrogen and oxygen atoms in total. The molecule has 6 rings (SSSR count). The summed E-state index contributed by atoms with van der Waals surface area (Å²) >= 11 is 0. The standard InChI is InChI=1S/C26H27N7O2/c34-24(30-12-14-31(15-13-30)26-27-10-3-11-28-26)20-8-6-19(7-9-20)18-32-16-17-33-23(25(32)35)21-4-1-2-5-22(21)29-33/h3,6-11,16-17H,1-2,4-5,12-15,18H2. The van der Waals surface area contributed by atoms with Crippen LogP contribution in [0.15, 0.2) is 59.9 Å². The fourth-order valence-corrected chi connectivity index (χ4v) is 5.08. The predicted molar refractivity (Wildman–Crippen MR) is 132 cm³/mol. The van der Waals surface area contributed by atoms with Gasteiger partial charge in [0.15, 0.2) is 0 Å². The van der Waals surface area contributed by atoms with Gasteiger partial charge in [0.1, 0.15) is 5.52 Å². The van der Waals surface area contributed by atoms with Gasteiger partial charge in [-0.25, -0.2) is 14.5 Å². The number of amides is 1. The Morgan fingerprint density at radius 1 is 0.914 bits per heavy atom. The molecule has 0 N–H and O–H groups in total. The molecule has 3 aromatic heterocycles. The number of fused-ring (bicyclic) bond motifs is 3. The highest BCUT2D eigenvalue weighted by molar-refractivity contribution is 5.94. The zero-order chi connectivity index (χ0) is 23.8. The van der Waals surface area contributed by atoms with E-state index < -0.39 is 0 Å². The molecule has 4 aromatic rings. The van der Waals surface area contributed by atoms with Crippen molar-refractivity contribution in [3.8, 4) is 0 Å². The number of benzene rings is 1. The van der Waals surface area contributed by atoms with Gasteiger partial charge in [-0.2, -0.15) is 5.10 Å². The molecule has 1 aliphatic carbocycles. The fraction of sp³-hybridized carbons (Fsp3) is 0.346. The third-order valence-corrected chi connectivity index (χ3v) is 6.99. The number of nitrogens with zero attached hydrogens (tertiary/aromatic N) is 7. The molecule has 0 bridgehead atoms. The zero-order valence-corrected chi connectivity index (χ0v) is 19.5. The van der Waals surface area contributed by atoms with E-state index in [-0.39, 0.29) is 11.5 Å². The Balaban J connectivity index is 1.14. The van der Waals surface area contributed by atoms with Gasteiger partial charge >= 0.3 is 0 Å². The molecule has 1 fully saturated rings.